The fourth-order valence-corrected chi connectivity index (χ4v) is 4.57. The van der Waals surface area contributed by atoms with Crippen LogP contribution in [0, 0.1) is 6.92 Å². The van der Waals surface area contributed by atoms with Gasteiger partial charge in [0, 0.05) is 39.3 Å². The lowest BCUT2D eigenvalue weighted by Crippen LogP contribution is -2.54. The first-order valence-corrected chi connectivity index (χ1v) is 10.8. The Balaban J connectivity index is 1.76. The van der Waals surface area contributed by atoms with Gasteiger partial charge >= 0.3 is 11.8 Å². The number of carbonyl (C=O) groups is 3. The van der Waals surface area contributed by atoms with Gasteiger partial charge in [0.1, 0.15) is 11.4 Å². The second-order valence-electron chi connectivity index (χ2n) is 7.53. The quantitative estimate of drug-likeness (QED) is 0.677. The molecule has 168 valence electrons. The summed E-state index contributed by atoms with van der Waals surface area (Å²) in [6.45, 7) is 7.01. The lowest BCUT2D eigenvalue weighted by Gasteiger charge is -2.34. The fourth-order valence-electron chi connectivity index (χ4n) is 3.41. The van der Waals surface area contributed by atoms with Gasteiger partial charge in [-0.15, -0.1) is 11.3 Å². The lowest BCUT2D eigenvalue weighted by molar-refractivity contribution is -0.147. The number of aryl methyl sites for hydroxylation is 1. The van der Waals surface area contributed by atoms with Crippen LogP contribution in [0.1, 0.15) is 34.9 Å². The van der Waals surface area contributed by atoms with Crippen LogP contribution in [-0.4, -0.2) is 83.9 Å². The van der Waals surface area contributed by atoms with Gasteiger partial charge in [-0.05, 0) is 26.3 Å². The number of ether oxygens (including phenoxy) is 2. The molecular formula is C20H27N5O5S. The van der Waals surface area contributed by atoms with Crippen molar-refractivity contribution in [2.75, 3.05) is 40.4 Å². The zero-order chi connectivity index (χ0) is 22.7. The molecule has 11 heteroatoms. The predicted octanol–water partition coefficient (Wildman–Crippen LogP) is 0.964. The first-order chi connectivity index (χ1) is 14.8. The van der Waals surface area contributed by atoms with Gasteiger partial charge in [0.2, 0.25) is 5.88 Å². The summed E-state index contributed by atoms with van der Waals surface area (Å²) in [6, 6.07) is -0.111. The van der Waals surface area contributed by atoms with E-state index in [9.17, 15) is 14.4 Å². The van der Waals surface area contributed by atoms with Crippen LogP contribution in [0.2, 0.25) is 0 Å². The van der Waals surface area contributed by atoms with Crippen molar-refractivity contribution >= 4 is 39.3 Å². The topological polar surface area (TPSA) is 114 Å². The Morgan fingerprint density at radius 2 is 1.74 bits per heavy atom. The molecule has 0 bridgehead atoms. The Bertz CT molecular complexity index is 997. The van der Waals surface area contributed by atoms with Gasteiger partial charge in [0.15, 0.2) is 5.82 Å². The van der Waals surface area contributed by atoms with Crippen LogP contribution in [0.25, 0.3) is 10.2 Å². The van der Waals surface area contributed by atoms with E-state index in [1.54, 1.807) is 25.9 Å². The average Bonchev–Trinajstić information content (AvgIpc) is 3.08. The van der Waals surface area contributed by atoms with Crippen LogP contribution < -0.4 is 10.1 Å². The number of hydrogen-bond acceptors (Lipinski definition) is 8. The van der Waals surface area contributed by atoms with Gasteiger partial charge in [0.25, 0.3) is 5.91 Å². The van der Waals surface area contributed by atoms with Crippen LogP contribution >= 0.6 is 11.3 Å². The Hall–Kier alpha value is -2.79. The maximum Gasteiger partial charge on any atom is 0.312 e. The molecule has 3 heterocycles. The van der Waals surface area contributed by atoms with E-state index < -0.39 is 11.8 Å². The molecule has 3 amide bonds. The standard InChI is InChI=1S/C20H27N5O5S/c1-11(2)21-16(26)20(28)25-8-6-24(7-9-25)19(27)15-12(3)14-17(30-5)22-13(10-29-4)23-18(14)31-15/h11H,6-10H2,1-5H3,(H,21,26). The first kappa shape index (κ1) is 22.9. The van der Waals surface area contributed by atoms with Gasteiger partial charge < -0.3 is 24.6 Å². The molecule has 1 aliphatic rings. The molecule has 2 aromatic heterocycles. The molecule has 1 N–H and O–H groups in total. The molecule has 0 aliphatic carbocycles. The lowest BCUT2D eigenvalue weighted by atomic mass is 10.2. The van der Waals surface area contributed by atoms with Gasteiger partial charge in [0.05, 0.1) is 17.4 Å². The minimum Gasteiger partial charge on any atom is -0.480 e. The molecule has 0 radical (unpaired) electrons. The number of hydrogen-bond donors (Lipinski definition) is 1. The van der Waals surface area contributed by atoms with Gasteiger partial charge in [-0.2, -0.15) is 4.98 Å². The number of carbonyl (C=O) groups excluding carboxylic acids is 3. The maximum absolute atomic E-state index is 13.2. The highest BCUT2D eigenvalue weighted by molar-refractivity contribution is 7.20. The minimum absolute atomic E-state index is 0.111. The molecule has 1 aliphatic heterocycles. The summed E-state index contributed by atoms with van der Waals surface area (Å²) in [5, 5.41) is 3.32. The van der Waals surface area contributed by atoms with Crippen LogP contribution in [0.15, 0.2) is 0 Å². The molecule has 0 unspecified atom stereocenters. The van der Waals surface area contributed by atoms with E-state index in [-0.39, 0.29) is 18.6 Å². The zero-order valence-electron chi connectivity index (χ0n) is 18.4. The van der Waals surface area contributed by atoms with Crippen molar-refractivity contribution in [3.8, 4) is 5.88 Å². The Morgan fingerprint density at radius 1 is 1.10 bits per heavy atom. The summed E-state index contributed by atoms with van der Waals surface area (Å²) >= 11 is 1.29. The van der Waals surface area contributed by atoms with Crippen LogP contribution in [0.3, 0.4) is 0 Å². The van der Waals surface area contributed by atoms with E-state index in [1.807, 2.05) is 6.92 Å². The number of piperazine rings is 1. The van der Waals surface area contributed by atoms with Crippen molar-refractivity contribution < 1.29 is 23.9 Å². The molecule has 31 heavy (non-hydrogen) atoms. The average molecular weight is 450 g/mol. The van der Waals surface area contributed by atoms with E-state index in [0.29, 0.717) is 47.6 Å². The Labute approximate surface area is 184 Å². The van der Waals surface area contributed by atoms with E-state index in [4.69, 9.17) is 9.47 Å². The van der Waals surface area contributed by atoms with E-state index in [1.165, 1.54) is 23.3 Å². The van der Waals surface area contributed by atoms with Crippen LogP contribution in [0.5, 0.6) is 5.88 Å². The summed E-state index contributed by atoms with van der Waals surface area (Å²) in [5.74, 6) is -0.415. The highest BCUT2D eigenvalue weighted by atomic mass is 32.1. The van der Waals surface area contributed by atoms with E-state index >= 15 is 0 Å². The number of rotatable bonds is 5. The SMILES string of the molecule is COCc1nc(OC)c2c(C)c(C(=O)N3CCN(C(=O)C(=O)NC(C)C)CC3)sc2n1. The predicted molar refractivity (Wildman–Crippen MR) is 115 cm³/mol. The monoisotopic (exact) mass is 449 g/mol. The summed E-state index contributed by atoms with van der Waals surface area (Å²) in [5.41, 5.74) is 0.764. The van der Waals surface area contributed by atoms with E-state index in [0.717, 1.165) is 10.9 Å². The molecule has 2 aromatic rings. The molecule has 1 fully saturated rings. The summed E-state index contributed by atoms with van der Waals surface area (Å²) in [7, 11) is 3.09. The van der Waals surface area contributed by atoms with Gasteiger partial charge in [-0.3, -0.25) is 14.4 Å². The van der Waals surface area contributed by atoms with Gasteiger partial charge in [-0.25, -0.2) is 4.98 Å². The summed E-state index contributed by atoms with van der Waals surface area (Å²) in [4.78, 5) is 50.7. The van der Waals surface area contributed by atoms with Crippen molar-refractivity contribution in [2.24, 2.45) is 0 Å². The van der Waals surface area contributed by atoms with Crippen molar-refractivity contribution in [1.29, 1.82) is 0 Å². The first-order valence-electron chi connectivity index (χ1n) is 9.98. The summed E-state index contributed by atoms with van der Waals surface area (Å²) < 4.78 is 10.5. The minimum atomic E-state index is -0.618. The van der Waals surface area contributed by atoms with Crippen molar-refractivity contribution in [2.45, 2.75) is 33.4 Å². The third-order valence-corrected chi connectivity index (χ3v) is 6.11. The number of nitrogens with one attached hydrogen (secondary N) is 1. The van der Waals surface area contributed by atoms with Crippen LogP contribution in [0.4, 0.5) is 0 Å². The van der Waals surface area contributed by atoms with Crippen molar-refractivity contribution in [3.63, 3.8) is 0 Å². The molecule has 0 atom stereocenters. The molecule has 1 saturated heterocycles. The highest BCUT2D eigenvalue weighted by Crippen LogP contribution is 2.35. The summed E-state index contributed by atoms with van der Waals surface area (Å²) in [6.07, 6.45) is 0. The number of fused-ring (bicyclic) bond motifs is 1. The molecule has 0 spiro atoms. The Morgan fingerprint density at radius 3 is 2.32 bits per heavy atom. The second kappa shape index (κ2) is 9.56. The number of amides is 3. The third-order valence-electron chi connectivity index (χ3n) is 4.93. The molecule has 0 aromatic carbocycles. The number of nitrogens with zero attached hydrogens (tertiary/aromatic N) is 4. The number of methoxy groups -OCH3 is 2. The van der Waals surface area contributed by atoms with Crippen molar-refractivity contribution in [1.82, 2.24) is 25.1 Å². The molecule has 3 rings (SSSR count). The highest BCUT2D eigenvalue weighted by Gasteiger charge is 2.30. The zero-order valence-corrected chi connectivity index (χ0v) is 19.2. The largest absolute Gasteiger partial charge is 0.480 e. The normalized spacial score (nSPS) is 14.3. The van der Waals surface area contributed by atoms with E-state index in [2.05, 4.69) is 15.3 Å². The molecule has 10 nitrogen and oxygen atoms in total. The Kier molecular flexibility index (Phi) is 7.06. The number of aromatic nitrogens is 2. The van der Waals surface area contributed by atoms with Gasteiger partial charge in [-0.1, -0.05) is 0 Å². The third kappa shape index (κ3) is 4.77. The maximum atomic E-state index is 13.2. The molecule has 0 saturated carbocycles. The second-order valence-corrected chi connectivity index (χ2v) is 8.53. The fraction of sp³-hybridized carbons (Fsp3) is 0.550. The molecular weight excluding hydrogens is 422 g/mol. The van der Waals surface area contributed by atoms with Crippen LogP contribution in [-0.2, 0) is 20.9 Å². The number of thiophene rings is 1. The smallest absolute Gasteiger partial charge is 0.312 e. The van der Waals surface area contributed by atoms with Crippen molar-refractivity contribution in [3.05, 3.63) is 16.3 Å².